The molecular weight excluding hydrogens is 300 g/mol. The predicted octanol–water partition coefficient (Wildman–Crippen LogP) is 4.12. The van der Waals surface area contributed by atoms with Gasteiger partial charge in [-0.15, -0.1) is 0 Å². The Morgan fingerprint density at radius 2 is 2.00 bits per heavy atom. The predicted molar refractivity (Wildman–Crippen MR) is 92.7 cm³/mol. The summed E-state index contributed by atoms with van der Waals surface area (Å²) in [4.78, 5) is 15.9. The van der Waals surface area contributed by atoms with Gasteiger partial charge in [0.25, 0.3) is 5.56 Å². The number of H-pyrrole nitrogens is 1. The van der Waals surface area contributed by atoms with Crippen molar-refractivity contribution in [1.29, 1.82) is 0 Å². The quantitative estimate of drug-likeness (QED) is 0.864. The van der Waals surface area contributed by atoms with E-state index in [0.717, 1.165) is 10.9 Å². The Balaban J connectivity index is 2.08. The smallest absolute Gasteiger partial charge is 0.262 e. The number of hydrogen-bond donors (Lipinski definition) is 1. The highest BCUT2D eigenvalue weighted by Gasteiger charge is 2.32. The molecule has 3 rings (SSSR count). The second-order valence-electron chi connectivity index (χ2n) is 5.81. The van der Waals surface area contributed by atoms with E-state index in [2.05, 4.69) is 11.2 Å². The highest BCUT2D eigenvalue weighted by atomic mass is 32.2. The molecule has 1 fully saturated rings. The Morgan fingerprint density at radius 1 is 1.29 bits per heavy atom. The van der Waals surface area contributed by atoms with Crippen molar-refractivity contribution in [3.63, 3.8) is 0 Å². The summed E-state index contributed by atoms with van der Waals surface area (Å²) in [6.07, 6.45) is 8.30. The van der Waals surface area contributed by atoms with Crippen LogP contribution in [0.2, 0.25) is 0 Å². The van der Waals surface area contributed by atoms with Crippen molar-refractivity contribution >= 4 is 34.9 Å². The molecule has 1 aliphatic carbocycles. The van der Waals surface area contributed by atoms with Gasteiger partial charge >= 0.3 is 0 Å². The molecule has 112 valence electrons. The summed E-state index contributed by atoms with van der Waals surface area (Å²) >= 11 is 7.32. The van der Waals surface area contributed by atoms with Gasteiger partial charge in [-0.25, -0.2) is 0 Å². The first kappa shape index (κ1) is 14.9. The number of nitrogens with zero attached hydrogens (tertiary/aromatic N) is 1. The zero-order valence-corrected chi connectivity index (χ0v) is 13.9. The largest absolute Gasteiger partial charge is 0.332 e. The number of nitrogens with one attached hydrogen (secondary N) is 1. The molecule has 0 radical (unpaired) electrons. The summed E-state index contributed by atoms with van der Waals surface area (Å²) in [5, 5.41) is 0.721. The summed E-state index contributed by atoms with van der Waals surface area (Å²) < 4.78 is 2.46. The average molecular weight is 320 g/mol. The third-order valence-corrected chi connectivity index (χ3v) is 6.26. The van der Waals surface area contributed by atoms with Crippen LogP contribution in [-0.4, -0.2) is 20.6 Å². The molecule has 0 spiro atoms. The van der Waals surface area contributed by atoms with Gasteiger partial charge in [-0.3, -0.25) is 9.36 Å². The van der Waals surface area contributed by atoms with E-state index in [1.807, 2.05) is 36.0 Å². The van der Waals surface area contributed by atoms with Crippen LogP contribution in [0.25, 0.3) is 10.9 Å². The van der Waals surface area contributed by atoms with E-state index >= 15 is 0 Å². The van der Waals surface area contributed by atoms with Crippen LogP contribution in [0.3, 0.4) is 0 Å². The van der Waals surface area contributed by atoms with Crippen molar-refractivity contribution in [2.24, 2.45) is 0 Å². The molecule has 1 heterocycles. The number of hydrogen-bond acceptors (Lipinski definition) is 3. The maximum absolute atomic E-state index is 12.7. The second-order valence-corrected chi connectivity index (χ2v) is 7.48. The first-order valence-electron chi connectivity index (χ1n) is 7.42. The molecule has 1 N–H and O–H groups in total. The van der Waals surface area contributed by atoms with E-state index in [0.29, 0.717) is 11.3 Å². The summed E-state index contributed by atoms with van der Waals surface area (Å²) in [5.74, 6) is 0. The lowest BCUT2D eigenvalue weighted by Crippen LogP contribution is -2.37. The van der Waals surface area contributed by atoms with Crippen LogP contribution >= 0.6 is 24.0 Å². The zero-order chi connectivity index (χ0) is 14.9. The molecule has 2 aromatic rings. The molecular formula is C16H20N2OS2. The minimum absolute atomic E-state index is 0.0355. The van der Waals surface area contributed by atoms with Gasteiger partial charge in [-0.05, 0) is 43.4 Å². The van der Waals surface area contributed by atoms with Gasteiger partial charge in [-0.2, -0.15) is 11.8 Å². The van der Waals surface area contributed by atoms with E-state index in [9.17, 15) is 4.79 Å². The molecule has 21 heavy (non-hydrogen) atoms. The van der Waals surface area contributed by atoms with Crippen molar-refractivity contribution in [2.45, 2.75) is 43.4 Å². The summed E-state index contributed by atoms with van der Waals surface area (Å²) in [6.45, 7) is 0.715. The minimum atomic E-state index is 0.0355. The number of para-hydroxylation sites is 1. The fraction of sp³-hybridized carbons (Fsp3) is 0.500. The topological polar surface area (TPSA) is 37.8 Å². The molecule has 1 saturated carbocycles. The molecule has 0 aliphatic heterocycles. The maximum atomic E-state index is 12.7. The van der Waals surface area contributed by atoms with Crippen molar-refractivity contribution in [3.05, 3.63) is 39.4 Å². The van der Waals surface area contributed by atoms with E-state index < -0.39 is 0 Å². The number of benzene rings is 1. The molecule has 0 amide bonds. The second kappa shape index (κ2) is 5.97. The third kappa shape index (κ3) is 2.81. The molecule has 0 atom stereocenters. The van der Waals surface area contributed by atoms with Gasteiger partial charge < -0.3 is 4.98 Å². The standard InChI is InChI=1S/C16H20N2OS2/c1-21-16(9-5-2-6-10-16)11-18-14(19)12-7-3-4-8-13(12)17-15(18)20/h3-4,7-8H,2,5-6,9-11H2,1H3,(H,17,20). The SMILES string of the molecule is CSC1(Cn2c(=S)[nH]c3ccccc3c2=O)CCCCC1. The van der Waals surface area contributed by atoms with Crippen LogP contribution in [0.4, 0.5) is 0 Å². The molecule has 0 bridgehead atoms. The van der Waals surface area contributed by atoms with E-state index in [-0.39, 0.29) is 10.3 Å². The molecule has 0 saturated heterocycles. The van der Waals surface area contributed by atoms with Gasteiger partial charge in [-0.1, -0.05) is 31.4 Å². The van der Waals surface area contributed by atoms with Gasteiger partial charge in [0.15, 0.2) is 4.77 Å². The van der Waals surface area contributed by atoms with Crippen LogP contribution < -0.4 is 5.56 Å². The zero-order valence-electron chi connectivity index (χ0n) is 12.2. The number of aromatic amines is 1. The molecule has 1 aromatic heterocycles. The Labute approximate surface area is 133 Å². The van der Waals surface area contributed by atoms with E-state index in [4.69, 9.17) is 12.2 Å². The Morgan fingerprint density at radius 3 is 2.71 bits per heavy atom. The van der Waals surface area contributed by atoms with Gasteiger partial charge in [0.2, 0.25) is 0 Å². The molecule has 1 aliphatic rings. The Kier molecular flexibility index (Phi) is 4.22. The normalized spacial score (nSPS) is 18.0. The molecule has 5 heteroatoms. The van der Waals surface area contributed by atoms with Gasteiger partial charge in [0.05, 0.1) is 10.9 Å². The number of thioether (sulfide) groups is 1. The van der Waals surface area contributed by atoms with Crippen molar-refractivity contribution in [1.82, 2.24) is 9.55 Å². The summed E-state index contributed by atoms with van der Waals surface area (Å²) in [6, 6.07) is 7.59. The minimum Gasteiger partial charge on any atom is -0.332 e. The molecule has 3 nitrogen and oxygen atoms in total. The highest BCUT2D eigenvalue weighted by Crippen LogP contribution is 2.39. The summed E-state index contributed by atoms with van der Waals surface area (Å²) in [5.41, 5.74) is 0.860. The van der Waals surface area contributed by atoms with E-state index in [1.54, 1.807) is 4.57 Å². The van der Waals surface area contributed by atoms with Crippen LogP contribution in [0.15, 0.2) is 29.1 Å². The highest BCUT2D eigenvalue weighted by molar-refractivity contribution is 8.00. The van der Waals surface area contributed by atoms with Crippen molar-refractivity contribution in [2.75, 3.05) is 6.26 Å². The van der Waals surface area contributed by atoms with Crippen LogP contribution in [0.1, 0.15) is 32.1 Å². The van der Waals surface area contributed by atoms with Crippen molar-refractivity contribution in [3.8, 4) is 0 Å². The van der Waals surface area contributed by atoms with Gasteiger partial charge in [0.1, 0.15) is 0 Å². The van der Waals surface area contributed by atoms with Crippen LogP contribution in [-0.2, 0) is 6.54 Å². The average Bonchev–Trinajstić information content (AvgIpc) is 2.52. The number of rotatable bonds is 3. The Hall–Kier alpha value is -1.07. The fourth-order valence-corrected chi connectivity index (χ4v) is 4.47. The lowest BCUT2D eigenvalue weighted by atomic mass is 9.88. The van der Waals surface area contributed by atoms with Crippen LogP contribution in [0, 0.1) is 4.77 Å². The summed E-state index contributed by atoms with van der Waals surface area (Å²) in [7, 11) is 0. The van der Waals surface area contributed by atoms with E-state index in [1.165, 1.54) is 32.1 Å². The lowest BCUT2D eigenvalue weighted by molar-refractivity contribution is 0.353. The van der Waals surface area contributed by atoms with Crippen molar-refractivity contribution < 1.29 is 0 Å². The molecule has 1 aromatic carbocycles. The monoisotopic (exact) mass is 320 g/mol. The van der Waals surface area contributed by atoms with Crippen LogP contribution in [0.5, 0.6) is 0 Å². The first-order valence-corrected chi connectivity index (χ1v) is 9.06. The van der Waals surface area contributed by atoms with Gasteiger partial charge in [0, 0.05) is 11.3 Å². The fourth-order valence-electron chi connectivity index (χ4n) is 3.25. The first-order chi connectivity index (χ1) is 10.2. The maximum Gasteiger partial charge on any atom is 0.262 e. The number of fused-ring (bicyclic) bond motifs is 1. The number of aromatic nitrogens is 2. The Bertz CT molecular complexity index is 757. The lowest BCUT2D eigenvalue weighted by Gasteiger charge is -2.36. The molecule has 0 unspecified atom stereocenters. The third-order valence-electron chi connectivity index (χ3n) is 4.53.